The molecule has 170 valence electrons. The molecule has 5 nitrogen and oxygen atoms in total. The third kappa shape index (κ3) is 5.27. The smallest absolute Gasteiger partial charge is 0.351 e. The molecule has 1 saturated heterocycles. The van der Waals surface area contributed by atoms with E-state index in [-0.39, 0.29) is 30.7 Å². The molecule has 1 aliphatic heterocycles. The van der Waals surface area contributed by atoms with Crippen LogP contribution in [0.4, 0.5) is 17.6 Å². The summed E-state index contributed by atoms with van der Waals surface area (Å²) in [4.78, 5) is 18.0. The molecule has 0 aliphatic carbocycles. The number of carbonyl (C=O) groups excluding carboxylic acids is 1. The number of alkyl halides is 3. The number of nitrogens with one attached hydrogen (secondary N) is 1. The number of piperidine rings is 1. The van der Waals surface area contributed by atoms with Crippen molar-refractivity contribution in [3.05, 3.63) is 65.7 Å². The highest BCUT2D eigenvalue weighted by atomic mass is 19.4. The summed E-state index contributed by atoms with van der Waals surface area (Å²) in [7, 11) is 0. The van der Waals surface area contributed by atoms with Crippen molar-refractivity contribution in [3.63, 3.8) is 0 Å². The Labute approximate surface area is 183 Å². The van der Waals surface area contributed by atoms with Gasteiger partial charge in [-0.05, 0) is 61.7 Å². The summed E-state index contributed by atoms with van der Waals surface area (Å²) in [5.41, 5.74) is 1.64. The van der Waals surface area contributed by atoms with E-state index >= 15 is 0 Å². The lowest BCUT2D eigenvalue weighted by atomic mass is 9.96. The quantitative estimate of drug-likeness (QED) is 0.575. The molecule has 0 radical (unpaired) electrons. The Hall–Kier alpha value is -2.94. The first-order valence-electron chi connectivity index (χ1n) is 10.6. The normalized spacial score (nSPS) is 15.9. The molecule has 2 aromatic carbocycles. The lowest BCUT2D eigenvalue weighted by Gasteiger charge is -2.32. The van der Waals surface area contributed by atoms with Crippen molar-refractivity contribution in [1.29, 1.82) is 0 Å². The van der Waals surface area contributed by atoms with E-state index < -0.39 is 12.0 Å². The number of para-hydroxylation sites is 2. The van der Waals surface area contributed by atoms with Gasteiger partial charge in [0.05, 0.1) is 17.6 Å². The molecule has 9 heteroatoms. The first-order chi connectivity index (χ1) is 15.3. The molecule has 1 amide bonds. The molecule has 4 rings (SSSR count). The average molecular weight is 448 g/mol. The molecule has 0 atom stereocenters. The van der Waals surface area contributed by atoms with Crippen LogP contribution in [0.2, 0.25) is 0 Å². The summed E-state index contributed by atoms with van der Waals surface area (Å²) in [5.74, 6) is -1.24. The molecule has 1 aliphatic rings. The van der Waals surface area contributed by atoms with Gasteiger partial charge in [0.25, 0.3) is 0 Å². The highest BCUT2D eigenvalue weighted by Crippen LogP contribution is 2.33. The van der Waals surface area contributed by atoms with E-state index in [1.165, 1.54) is 16.7 Å². The fourth-order valence-electron chi connectivity index (χ4n) is 4.12. The number of rotatable bonds is 6. The summed E-state index contributed by atoms with van der Waals surface area (Å²) in [6.45, 7) is 2.09. The van der Waals surface area contributed by atoms with Gasteiger partial charge in [-0.3, -0.25) is 9.69 Å². The maximum atomic E-state index is 13.5. The molecule has 0 spiro atoms. The van der Waals surface area contributed by atoms with Crippen molar-refractivity contribution in [2.45, 2.75) is 32.1 Å². The van der Waals surface area contributed by atoms with Crippen LogP contribution in [-0.4, -0.2) is 40.0 Å². The van der Waals surface area contributed by atoms with Crippen LogP contribution < -0.4 is 5.32 Å². The van der Waals surface area contributed by atoms with Crippen LogP contribution >= 0.6 is 0 Å². The molecule has 1 fully saturated rings. The van der Waals surface area contributed by atoms with Crippen molar-refractivity contribution in [2.75, 3.05) is 19.6 Å². The molecular formula is C23H24F4N4O. The van der Waals surface area contributed by atoms with Gasteiger partial charge in [0.15, 0.2) is 0 Å². The number of hydrogen-bond acceptors (Lipinski definition) is 3. The number of imidazole rings is 1. The Morgan fingerprint density at radius 2 is 1.75 bits per heavy atom. The zero-order valence-electron chi connectivity index (χ0n) is 17.4. The van der Waals surface area contributed by atoms with Crippen LogP contribution in [0.1, 0.15) is 24.2 Å². The molecule has 2 heterocycles. The van der Waals surface area contributed by atoms with Gasteiger partial charge in [0.1, 0.15) is 5.82 Å². The molecule has 3 aromatic rings. The second-order valence-electron chi connectivity index (χ2n) is 8.16. The second kappa shape index (κ2) is 9.28. The van der Waals surface area contributed by atoms with E-state index in [2.05, 4.69) is 10.3 Å². The zero-order chi connectivity index (χ0) is 22.7. The molecule has 0 bridgehead atoms. The van der Waals surface area contributed by atoms with Crippen molar-refractivity contribution in [2.24, 2.45) is 5.92 Å². The highest BCUT2D eigenvalue weighted by molar-refractivity contribution is 5.78. The van der Waals surface area contributed by atoms with E-state index in [0.29, 0.717) is 43.5 Å². The summed E-state index contributed by atoms with van der Waals surface area (Å²) in [6, 6.07) is 12.6. The highest BCUT2D eigenvalue weighted by Gasteiger charge is 2.38. The summed E-state index contributed by atoms with van der Waals surface area (Å²) < 4.78 is 54.8. The maximum Gasteiger partial charge on any atom is 0.449 e. The Morgan fingerprint density at radius 1 is 1.06 bits per heavy atom. The lowest BCUT2D eigenvalue weighted by molar-refractivity contribution is -0.147. The standard InChI is InChI=1S/C23H24F4N4O/c24-18-7-5-16(6-8-18)13-28-21(32)15-30-11-9-17(10-12-30)14-31-20-4-2-1-3-19(20)29-22(31)23(25,26)27/h1-8,17H,9-15H2,(H,28,32). The van der Waals surface area contributed by atoms with Crippen molar-refractivity contribution in [1.82, 2.24) is 19.8 Å². The largest absolute Gasteiger partial charge is 0.449 e. The van der Waals surface area contributed by atoms with E-state index in [4.69, 9.17) is 0 Å². The number of fused-ring (bicyclic) bond motifs is 1. The summed E-state index contributed by atoms with van der Waals surface area (Å²) in [6.07, 6.45) is -3.10. The van der Waals surface area contributed by atoms with Crippen molar-refractivity contribution < 1.29 is 22.4 Å². The number of carbonyl (C=O) groups is 1. The van der Waals surface area contributed by atoms with E-state index in [0.717, 1.165) is 5.56 Å². The number of hydrogen-bond donors (Lipinski definition) is 1. The molecule has 1 aromatic heterocycles. The third-order valence-corrected chi connectivity index (χ3v) is 5.83. The number of halogens is 4. The van der Waals surface area contributed by atoms with Gasteiger partial charge in [-0.15, -0.1) is 0 Å². The average Bonchev–Trinajstić information content (AvgIpc) is 3.14. The number of nitrogens with zero attached hydrogens (tertiary/aromatic N) is 3. The molecule has 0 unspecified atom stereocenters. The molecular weight excluding hydrogens is 424 g/mol. The molecule has 0 saturated carbocycles. The van der Waals surface area contributed by atoms with Gasteiger partial charge in [0, 0.05) is 13.1 Å². The fraction of sp³-hybridized carbons (Fsp3) is 0.391. The minimum Gasteiger partial charge on any atom is -0.351 e. The maximum absolute atomic E-state index is 13.5. The van der Waals surface area contributed by atoms with E-state index in [1.54, 1.807) is 36.4 Å². The van der Waals surface area contributed by atoms with Crippen LogP contribution in [0.3, 0.4) is 0 Å². The van der Waals surface area contributed by atoms with Gasteiger partial charge in [-0.2, -0.15) is 13.2 Å². The van der Waals surface area contributed by atoms with Crippen molar-refractivity contribution in [3.8, 4) is 0 Å². The van der Waals surface area contributed by atoms with Gasteiger partial charge < -0.3 is 9.88 Å². The van der Waals surface area contributed by atoms with Crippen LogP contribution in [-0.2, 0) is 24.1 Å². The first kappa shape index (κ1) is 22.3. The number of amides is 1. The summed E-state index contributed by atoms with van der Waals surface area (Å²) in [5, 5.41) is 2.82. The van der Waals surface area contributed by atoms with Gasteiger partial charge in [-0.1, -0.05) is 24.3 Å². The van der Waals surface area contributed by atoms with Crippen LogP contribution in [0.5, 0.6) is 0 Å². The first-order valence-corrected chi connectivity index (χ1v) is 10.6. The van der Waals surface area contributed by atoms with Crippen LogP contribution in [0, 0.1) is 11.7 Å². The Bertz CT molecular complexity index is 1070. The lowest BCUT2D eigenvalue weighted by Crippen LogP contribution is -2.42. The minimum absolute atomic E-state index is 0.0761. The second-order valence-corrected chi connectivity index (χ2v) is 8.16. The number of aromatic nitrogens is 2. The SMILES string of the molecule is O=C(CN1CCC(Cn2c(C(F)(F)F)nc3ccccc32)CC1)NCc1ccc(F)cc1. The zero-order valence-corrected chi connectivity index (χ0v) is 17.4. The minimum atomic E-state index is -4.51. The monoisotopic (exact) mass is 448 g/mol. The van der Waals surface area contributed by atoms with Gasteiger partial charge >= 0.3 is 6.18 Å². The predicted molar refractivity (Wildman–Crippen MR) is 112 cm³/mol. The van der Waals surface area contributed by atoms with Crippen molar-refractivity contribution >= 4 is 16.9 Å². The summed E-state index contributed by atoms with van der Waals surface area (Å²) >= 11 is 0. The fourth-order valence-corrected chi connectivity index (χ4v) is 4.12. The molecule has 32 heavy (non-hydrogen) atoms. The topological polar surface area (TPSA) is 50.2 Å². The van der Waals surface area contributed by atoms with Gasteiger partial charge in [0.2, 0.25) is 11.7 Å². The van der Waals surface area contributed by atoms with Crippen LogP contribution in [0.25, 0.3) is 11.0 Å². The van der Waals surface area contributed by atoms with E-state index in [9.17, 15) is 22.4 Å². The molecule has 1 N–H and O–H groups in total. The number of benzene rings is 2. The predicted octanol–water partition coefficient (Wildman–Crippen LogP) is 4.22. The number of likely N-dealkylation sites (tertiary alicyclic amines) is 1. The van der Waals surface area contributed by atoms with Crippen LogP contribution in [0.15, 0.2) is 48.5 Å². The Kier molecular flexibility index (Phi) is 6.45. The Balaban J connectivity index is 1.31. The van der Waals surface area contributed by atoms with Gasteiger partial charge in [-0.25, -0.2) is 9.37 Å². The third-order valence-electron chi connectivity index (χ3n) is 5.83. The Morgan fingerprint density at radius 3 is 2.44 bits per heavy atom. The van der Waals surface area contributed by atoms with E-state index in [1.807, 2.05) is 4.90 Å².